The summed E-state index contributed by atoms with van der Waals surface area (Å²) in [5.41, 5.74) is 0.266. The van der Waals surface area contributed by atoms with Crippen LogP contribution in [-0.2, 0) is 4.57 Å². The van der Waals surface area contributed by atoms with Crippen LogP contribution in [0.15, 0.2) is 60.7 Å². The maximum atomic E-state index is 14.3. The minimum Gasteiger partial charge on any atom is -0.393 e. The summed E-state index contributed by atoms with van der Waals surface area (Å²) in [6, 6.07) is 19.7. The average molecular weight is 354 g/mol. The van der Waals surface area contributed by atoms with Crippen LogP contribution in [-0.4, -0.2) is 17.4 Å². The highest BCUT2D eigenvalue weighted by Crippen LogP contribution is 2.63. The van der Waals surface area contributed by atoms with Crippen LogP contribution in [0.4, 0.5) is 0 Å². The lowest BCUT2D eigenvalue weighted by molar-refractivity contribution is -0.153. The summed E-state index contributed by atoms with van der Waals surface area (Å²) in [5, 5.41) is 12.6. The van der Waals surface area contributed by atoms with Crippen molar-refractivity contribution in [2.75, 3.05) is 6.16 Å². The van der Waals surface area contributed by atoms with E-state index in [1.165, 1.54) is 6.42 Å². The fourth-order valence-electron chi connectivity index (χ4n) is 5.16. The van der Waals surface area contributed by atoms with E-state index < -0.39 is 7.14 Å². The van der Waals surface area contributed by atoms with Crippen LogP contribution in [0.2, 0.25) is 0 Å². The summed E-state index contributed by atoms with van der Waals surface area (Å²) >= 11 is 0. The molecule has 3 heteroatoms. The third-order valence-electron chi connectivity index (χ3n) is 6.90. The molecular formula is C22H27O2P. The van der Waals surface area contributed by atoms with Gasteiger partial charge in [-0.2, -0.15) is 0 Å². The Morgan fingerprint density at radius 2 is 1.48 bits per heavy atom. The highest BCUT2D eigenvalue weighted by atomic mass is 31.2. The van der Waals surface area contributed by atoms with E-state index in [4.69, 9.17) is 0 Å². The van der Waals surface area contributed by atoms with E-state index in [-0.39, 0.29) is 17.4 Å². The third-order valence-corrected chi connectivity index (χ3v) is 10.1. The Morgan fingerprint density at radius 1 is 0.960 bits per heavy atom. The summed E-state index contributed by atoms with van der Waals surface area (Å²) in [5.74, 6) is 1.21. The molecule has 3 aliphatic carbocycles. The summed E-state index contributed by atoms with van der Waals surface area (Å²) < 4.78 is 14.3. The second-order valence-electron chi connectivity index (χ2n) is 8.42. The van der Waals surface area contributed by atoms with Crippen molar-refractivity contribution in [2.24, 2.45) is 23.2 Å². The molecule has 2 aromatic carbocycles. The molecule has 2 aromatic rings. The predicted molar refractivity (Wildman–Crippen MR) is 104 cm³/mol. The van der Waals surface area contributed by atoms with Gasteiger partial charge >= 0.3 is 0 Å². The Labute approximate surface area is 150 Å². The van der Waals surface area contributed by atoms with E-state index in [1.807, 2.05) is 60.7 Å². The molecule has 5 rings (SSSR count). The van der Waals surface area contributed by atoms with Gasteiger partial charge in [0.25, 0.3) is 0 Å². The number of fused-ring (bicyclic) bond motifs is 2. The van der Waals surface area contributed by atoms with Crippen molar-refractivity contribution in [2.45, 2.75) is 32.8 Å². The molecule has 132 valence electrons. The van der Waals surface area contributed by atoms with Gasteiger partial charge in [0, 0.05) is 16.8 Å². The topological polar surface area (TPSA) is 37.3 Å². The van der Waals surface area contributed by atoms with E-state index in [0.29, 0.717) is 18.0 Å². The smallest absolute Gasteiger partial charge is 0.143 e. The van der Waals surface area contributed by atoms with Gasteiger partial charge in [0.05, 0.1) is 6.10 Å². The van der Waals surface area contributed by atoms with E-state index in [2.05, 4.69) is 13.8 Å². The van der Waals surface area contributed by atoms with Gasteiger partial charge in [-0.3, -0.25) is 0 Å². The fourth-order valence-corrected chi connectivity index (χ4v) is 8.28. The number of hydrogen-bond acceptors (Lipinski definition) is 2. The lowest BCUT2D eigenvalue weighted by Crippen LogP contribution is -2.58. The molecule has 25 heavy (non-hydrogen) atoms. The minimum absolute atomic E-state index is 0.117. The Balaban J connectivity index is 1.74. The zero-order valence-electron chi connectivity index (χ0n) is 15.0. The second-order valence-corrected chi connectivity index (χ2v) is 11.3. The zero-order valence-corrected chi connectivity index (χ0v) is 15.9. The SMILES string of the molecule is CC1(C)C2CC1[C@H](CP(=O)(c1ccccc1)c1ccccc1)[C@H](O)C2. The van der Waals surface area contributed by atoms with Crippen LogP contribution in [0.1, 0.15) is 26.7 Å². The minimum atomic E-state index is -2.76. The Morgan fingerprint density at radius 3 is 1.96 bits per heavy atom. The van der Waals surface area contributed by atoms with Gasteiger partial charge in [0.15, 0.2) is 0 Å². The Hall–Kier alpha value is -1.37. The molecule has 0 spiro atoms. The molecule has 2 bridgehead atoms. The summed E-state index contributed by atoms with van der Waals surface area (Å²) in [4.78, 5) is 0. The normalized spacial score (nSPS) is 30.5. The van der Waals surface area contributed by atoms with Crippen LogP contribution in [0.3, 0.4) is 0 Å². The molecule has 1 N–H and O–H groups in total. The van der Waals surface area contributed by atoms with Gasteiger partial charge in [-0.15, -0.1) is 0 Å². The zero-order chi connectivity index (χ0) is 17.7. The van der Waals surface area contributed by atoms with Gasteiger partial charge in [0.1, 0.15) is 7.14 Å². The van der Waals surface area contributed by atoms with E-state index in [1.54, 1.807) is 0 Å². The molecule has 2 nitrogen and oxygen atoms in total. The van der Waals surface area contributed by atoms with E-state index >= 15 is 0 Å². The first-order chi connectivity index (χ1) is 11.9. The van der Waals surface area contributed by atoms with Crippen molar-refractivity contribution >= 4 is 17.8 Å². The highest BCUT2D eigenvalue weighted by molar-refractivity contribution is 7.78. The first kappa shape index (κ1) is 17.1. The van der Waals surface area contributed by atoms with Crippen molar-refractivity contribution in [1.29, 1.82) is 0 Å². The second kappa shape index (κ2) is 6.11. The number of rotatable bonds is 4. The lowest BCUT2D eigenvalue weighted by Gasteiger charge is -2.62. The van der Waals surface area contributed by atoms with Crippen molar-refractivity contribution in [3.8, 4) is 0 Å². The summed E-state index contributed by atoms with van der Waals surface area (Å²) in [7, 11) is -2.76. The van der Waals surface area contributed by atoms with Crippen molar-refractivity contribution in [1.82, 2.24) is 0 Å². The molecule has 3 fully saturated rings. The Kier molecular flexibility index (Phi) is 4.17. The highest BCUT2D eigenvalue weighted by Gasteiger charge is 2.58. The standard InChI is InChI=1S/C22H27O2P/c1-22(2)16-13-20(22)19(21(23)14-16)15-25(24,17-9-5-3-6-10-17)18-11-7-4-8-12-18/h3-12,16,19-21,23H,13-15H2,1-2H3/t16?,19-,20?,21+/m0/s1. The molecular weight excluding hydrogens is 327 g/mol. The fraction of sp³-hybridized carbons (Fsp3) is 0.455. The van der Waals surface area contributed by atoms with Crippen LogP contribution in [0.25, 0.3) is 0 Å². The molecule has 4 atom stereocenters. The van der Waals surface area contributed by atoms with Gasteiger partial charge in [-0.25, -0.2) is 0 Å². The molecule has 0 heterocycles. The molecule has 0 amide bonds. The lowest BCUT2D eigenvalue weighted by atomic mass is 9.45. The average Bonchev–Trinajstić information content (AvgIpc) is 2.64. The van der Waals surface area contributed by atoms with Crippen LogP contribution in [0.5, 0.6) is 0 Å². The molecule has 2 unspecified atom stereocenters. The maximum Gasteiger partial charge on any atom is 0.143 e. The number of aliphatic hydroxyl groups is 1. The third kappa shape index (κ3) is 2.71. The van der Waals surface area contributed by atoms with Gasteiger partial charge in [-0.05, 0) is 36.0 Å². The van der Waals surface area contributed by atoms with Crippen LogP contribution < -0.4 is 10.6 Å². The van der Waals surface area contributed by atoms with E-state index in [9.17, 15) is 9.67 Å². The first-order valence-corrected chi connectivity index (χ1v) is 11.2. The molecule has 3 aliphatic rings. The largest absolute Gasteiger partial charge is 0.393 e. The quantitative estimate of drug-likeness (QED) is 0.842. The summed E-state index contributed by atoms with van der Waals surface area (Å²) in [6.07, 6.45) is 2.29. The number of aliphatic hydroxyl groups excluding tert-OH is 1. The Bertz CT molecular complexity index is 741. The van der Waals surface area contributed by atoms with Gasteiger partial charge in [0.2, 0.25) is 0 Å². The van der Waals surface area contributed by atoms with Crippen molar-refractivity contribution < 1.29 is 9.67 Å². The van der Waals surface area contributed by atoms with Crippen molar-refractivity contribution in [3.63, 3.8) is 0 Å². The molecule has 0 radical (unpaired) electrons. The predicted octanol–water partition coefficient (Wildman–Crippen LogP) is 4.04. The molecule has 3 saturated carbocycles. The molecule has 0 aliphatic heterocycles. The summed E-state index contributed by atoms with van der Waals surface area (Å²) in [6.45, 7) is 4.64. The molecule has 0 saturated heterocycles. The van der Waals surface area contributed by atoms with Crippen LogP contribution >= 0.6 is 7.14 Å². The van der Waals surface area contributed by atoms with Crippen LogP contribution in [0, 0.1) is 23.2 Å². The monoisotopic (exact) mass is 354 g/mol. The first-order valence-electron chi connectivity index (χ1n) is 9.31. The number of hydrogen-bond donors (Lipinski definition) is 1. The van der Waals surface area contributed by atoms with Crippen molar-refractivity contribution in [3.05, 3.63) is 60.7 Å². The van der Waals surface area contributed by atoms with Gasteiger partial charge in [-0.1, -0.05) is 74.5 Å². The number of benzene rings is 2. The van der Waals surface area contributed by atoms with E-state index in [0.717, 1.165) is 17.0 Å². The van der Waals surface area contributed by atoms with Gasteiger partial charge < -0.3 is 9.67 Å². The maximum absolute atomic E-state index is 14.3. The molecule has 0 aromatic heterocycles.